The average molecular weight is 232 g/mol. The molecule has 0 radical (unpaired) electrons. The molecule has 2 rings (SSSR count). The van der Waals surface area contributed by atoms with Gasteiger partial charge in [0, 0.05) is 0 Å². The van der Waals surface area contributed by atoms with Gasteiger partial charge in [0.15, 0.2) is 0 Å². The number of amidine groups is 1. The van der Waals surface area contributed by atoms with E-state index in [1.54, 1.807) is 0 Å². The van der Waals surface area contributed by atoms with E-state index in [0.29, 0.717) is 6.61 Å². The van der Waals surface area contributed by atoms with Crippen LogP contribution in [-0.2, 0) is 11.3 Å². The smallest absolute Gasteiger partial charge is 0.125 e. The topological polar surface area (TPSA) is 59.1 Å². The van der Waals surface area contributed by atoms with Crippen LogP contribution in [0.2, 0.25) is 0 Å². The van der Waals surface area contributed by atoms with Crippen molar-refractivity contribution >= 4 is 5.84 Å². The lowest BCUT2D eigenvalue weighted by molar-refractivity contribution is -0.0304. The lowest BCUT2D eigenvalue weighted by Crippen LogP contribution is -2.47. The Bertz CT molecular complexity index is 369. The molecule has 1 aliphatic carbocycles. The molecule has 0 aliphatic heterocycles. The highest BCUT2D eigenvalue weighted by atomic mass is 16.5. The molecule has 1 fully saturated rings. The second-order valence-electron chi connectivity index (χ2n) is 4.74. The normalized spacial score (nSPS) is 18.8. The van der Waals surface area contributed by atoms with Crippen molar-refractivity contribution in [3.8, 4) is 0 Å². The number of rotatable bonds is 4. The fourth-order valence-electron chi connectivity index (χ4n) is 2.41. The Hall–Kier alpha value is -1.35. The van der Waals surface area contributed by atoms with Crippen molar-refractivity contribution in [3.63, 3.8) is 0 Å². The van der Waals surface area contributed by atoms with E-state index in [2.05, 4.69) is 0 Å². The summed E-state index contributed by atoms with van der Waals surface area (Å²) >= 11 is 0. The fraction of sp³-hybridized carbons (Fsp3) is 0.500. The minimum Gasteiger partial charge on any atom is -0.385 e. The van der Waals surface area contributed by atoms with Gasteiger partial charge in [0.2, 0.25) is 0 Å². The molecule has 1 saturated carbocycles. The summed E-state index contributed by atoms with van der Waals surface area (Å²) in [6, 6.07) is 10.1. The van der Waals surface area contributed by atoms with Gasteiger partial charge in [-0.1, -0.05) is 49.6 Å². The molecular weight excluding hydrogens is 212 g/mol. The Balaban J connectivity index is 2.01. The molecule has 0 spiro atoms. The van der Waals surface area contributed by atoms with Gasteiger partial charge in [-0.05, 0) is 18.4 Å². The number of nitrogens with two attached hydrogens (primary N) is 1. The van der Waals surface area contributed by atoms with Gasteiger partial charge in [0.1, 0.15) is 11.4 Å². The third-order valence-electron chi connectivity index (χ3n) is 3.51. The Labute approximate surface area is 102 Å². The Morgan fingerprint density at radius 3 is 2.41 bits per heavy atom. The largest absolute Gasteiger partial charge is 0.385 e. The van der Waals surface area contributed by atoms with E-state index in [1.807, 2.05) is 30.3 Å². The maximum absolute atomic E-state index is 7.76. The molecule has 17 heavy (non-hydrogen) atoms. The zero-order valence-corrected chi connectivity index (χ0v) is 10.1. The zero-order valence-electron chi connectivity index (χ0n) is 10.1. The maximum Gasteiger partial charge on any atom is 0.125 e. The van der Waals surface area contributed by atoms with E-state index in [1.165, 1.54) is 6.42 Å². The van der Waals surface area contributed by atoms with Crippen LogP contribution in [0.4, 0.5) is 0 Å². The SMILES string of the molecule is N=C(N)C1(OCc2ccccc2)CCCCC1. The number of benzene rings is 1. The molecule has 0 bridgehead atoms. The van der Waals surface area contributed by atoms with Crippen LogP contribution in [-0.4, -0.2) is 11.4 Å². The van der Waals surface area contributed by atoms with E-state index in [0.717, 1.165) is 31.2 Å². The molecular formula is C14H20N2O. The van der Waals surface area contributed by atoms with Gasteiger partial charge < -0.3 is 10.5 Å². The van der Waals surface area contributed by atoms with Crippen LogP contribution in [0.15, 0.2) is 30.3 Å². The molecule has 3 N–H and O–H groups in total. The van der Waals surface area contributed by atoms with Crippen molar-refractivity contribution in [1.29, 1.82) is 5.41 Å². The first-order valence-corrected chi connectivity index (χ1v) is 6.25. The summed E-state index contributed by atoms with van der Waals surface area (Å²) in [5.41, 5.74) is 6.36. The molecule has 92 valence electrons. The van der Waals surface area contributed by atoms with Crippen molar-refractivity contribution < 1.29 is 4.74 Å². The monoisotopic (exact) mass is 232 g/mol. The lowest BCUT2D eigenvalue weighted by Gasteiger charge is -2.36. The first kappa shape index (κ1) is 12.1. The molecule has 1 aromatic rings. The Kier molecular flexibility index (Phi) is 3.79. The third-order valence-corrected chi connectivity index (χ3v) is 3.51. The van der Waals surface area contributed by atoms with Gasteiger partial charge in [0.25, 0.3) is 0 Å². The summed E-state index contributed by atoms with van der Waals surface area (Å²) in [5.74, 6) is 0.188. The van der Waals surface area contributed by atoms with Gasteiger partial charge in [-0.2, -0.15) is 0 Å². The van der Waals surface area contributed by atoms with Gasteiger partial charge >= 0.3 is 0 Å². The Morgan fingerprint density at radius 1 is 1.18 bits per heavy atom. The van der Waals surface area contributed by atoms with Crippen molar-refractivity contribution in [1.82, 2.24) is 0 Å². The van der Waals surface area contributed by atoms with Gasteiger partial charge in [-0.15, -0.1) is 0 Å². The van der Waals surface area contributed by atoms with Crippen LogP contribution in [0, 0.1) is 5.41 Å². The highest BCUT2D eigenvalue weighted by Crippen LogP contribution is 2.32. The average Bonchev–Trinajstić information content (AvgIpc) is 2.38. The van der Waals surface area contributed by atoms with Gasteiger partial charge in [-0.25, -0.2) is 0 Å². The maximum atomic E-state index is 7.76. The van der Waals surface area contributed by atoms with Gasteiger partial charge in [-0.3, -0.25) is 5.41 Å². The highest BCUT2D eigenvalue weighted by Gasteiger charge is 2.36. The second kappa shape index (κ2) is 5.32. The summed E-state index contributed by atoms with van der Waals surface area (Å²) in [6.45, 7) is 0.542. The molecule has 0 saturated heterocycles. The van der Waals surface area contributed by atoms with Crippen LogP contribution < -0.4 is 5.73 Å². The molecule has 0 unspecified atom stereocenters. The number of hydrogen-bond acceptors (Lipinski definition) is 2. The molecule has 1 aliphatic rings. The number of hydrogen-bond donors (Lipinski definition) is 2. The van der Waals surface area contributed by atoms with Crippen molar-refractivity contribution in [2.24, 2.45) is 5.73 Å². The minimum absolute atomic E-state index is 0.188. The van der Waals surface area contributed by atoms with E-state index >= 15 is 0 Å². The van der Waals surface area contributed by atoms with Crippen LogP contribution in [0.25, 0.3) is 0 Å². The van der Waals surface area contributed by atoms with Crippen LogP contribution in [0.1, 0.15) is 37.7 Å². The summed E-state index contributed by atoms with van der Waals surface area (Å²) in [5, 5.41) is 7.76. The quantitative estimate of drug-likeness (QED) is 0.619. The first-order chi connectivity index (χ1) is 8.23. The van der Waals surface area contributed by atoms with E-state index < -0.39 is 5.60 Å². The lowest BCUT2D eigenvalue weighted by atomic mass is 9.83. The number of nitrogens with one attached hydrogen (secondary N) is 1. The van der Waals surface area contributed by atoms with Crippen LogP contribution >= 0.6 is 0 Å². The van der Waals surface area contributed by atoms with Crippen molar-refractivity contribution in [2.75, 3.05) is 0 Å². The molecule has 3 heteroatoms. The van der Waals surface area contributed by atoms with E-state index in [4.69, 9.17) is 15.9 Å². The summed E-state index contributed by atoms with van der Waals surface area (Å²) < 4.78 is 5.97. The predicted molar refractivity (Wildman–Crippen MR) is 69.0 cm³/mol. The highest BCUT2D eigenvalue weighted by molar-refractivity contribution is 5.86. The predicted octanol–water partition coefficient (Wildman–Crippen LogP) is 2.84. The summed E-state index contributed by atoms with van der Waals surface area (Å²) in [4.78, 5) is 0. The molecule has 1 aromatic carbocycles. The Morgan fingerprint density at radius 2 is 1.82 bits per heavy atom. The van der Waals surface area contributed by atoms with Gasteiger partial charge in [0.05, 0.1) is 6.61 Å². The van der Waals surface area contributed by atoms with E-state index in [-0.39, 0.29) is 5.84 Å². The summed E-state index contributed by atoms with van der Waals surface area (Å²) in [6.07, 6.45) is 5.21. The standard InChI is InChI=1S/C14H20N2O/c15-13(16)14(9-5-2-6-10-14)17-11-12-7-3-1-4-8-12/h1,3-4,7-8H,2,5-6,9-11H2,(H3,15,16). The third kappa shape index (κ3) is 2.86. The number of ether oxygens (including phenoxy) is 1. The molecule has 0 heterocycles. The molecule has 0 atom stereocenters. The van der Waals surface area contributed by atoms with Crippen LogP contribution in [0.5, 0.6) is 0 Å². The fourth-order valence-corrected chi connectivity index (χ4v) is 2.41. The molecule has 0 aromatic heterocycles. The van der Waals surface area contributed by atoms with E-state index in [9.17, 15) is 0 Å². The van der Waals surface area contributed by atoms with Crippen molar-refractivity contribution in [3.05, 3.63) is 35.9 Å². The van der Waals surface area contributed by atoms with Crippen molar-refractivity contribution in [2.45, 2.75) is 44.3 Å². The second-order valence-corrected chi connectivity index (χ2v) is 4.74. The molecule has 0 amide bonds. The first-order valence-electron chi connectivity index (χ1n) is 6.25. The summed E-state index contributed by atoms with van der Waals surface area (Å²) in [7, 11) is 0. The van der Waals surface area contributed by atoms with Crippen LogP contribution in [0.3, 0.4) is 0 Å². The molecule has 3 nitrogen and oxygen atoms in total. The zero-order chi connectivity index (χ0) is 12.1. The minimum atomic E-state index is -0.506.